The van der Waals surface area contributed by atoms with Gasteiger partial charge in [-0.15, -0.1) is 0 Å². The molecule has 2 aromatic heterocycles. The van der Waals surface area contributed by atoms with E-state index in [1.807, 2.05) is 0 Å². The third-order valence-corrected chi connectivity index (χ3v) is 3.97. The van der Waals surface area contributed by atoms with Crippen molar-refractivity contribution in [1.82, 2.24) is 14.9 Å². The van der Waals surface area contributed by atoms with Gasteiger partial charge in [0, 0.05) is 23.4 Å². The second-order valence-electron chi connectivity index (χ2n) is 5.76. The lowest BCUT2D eigenvalue weighted by Crippen LogP contribution is -2.36. The lowest BCUT2D eigenvalue weighted by Gasteiger charge is -2.28. The molecule has 4 rings (SSSR count). The van der Waals surface area contributed by atoms with E-state index < -0.39 is 11.9 Å². The van der Waals surface area contributed by atoms with Crippen molar-refractivity contribution >= 4 is 6.09 Å². The molecule has 0 fully saturated rings. The van der Waals surface area contributed by atoms with E-state index in [1.165, 1.54) is 23.6 Å². The first kappa shape index (κ1) is 16.1. The minimum Gasteiger partial charge on any atom is -0.417 e. The molecule has 0 radical (unpaired) electrons. The molecule has 1 aromatic carbocycles. The number of hydrogen-bond donors (Lipinski definition) is 0. The summed E-state index contributed by atoms with van der Waals surface area (Å²) in [5, 5.41) is 0. The van der Waals surface area contributed by atoms with Gasteiger partial charge >= 0.3 is 12.2 Å². The fourth-order valence-corrected chi connectivity index (χ4v) is 2.66. The number of nitrogens with zero attached hydrogens (tertiary/aromatic N) is 3. The highest BCUT2D eigenvalue weighted by molar-refractivity contribution is 5.73. The Hall–Kier alpha value is -3.42. The summed E-state index contributed by atoms with van der Waals surface area (Å²) in [7, 11) is 0. The average molecular weight is 355 g/mol. The molecule has 0 N–H and O–H groups in total. The molecule has 1 amide bonds. The monoisotopic (exact) mass is 355 g/mol. The summed E-state index contributed by atoms with van der Waals surface area (Å²) >= 11 is 0. The lowest BCUT2D eigenvalue weighted by molar-refractivity contribution is 0.134. The predicted octanol–water partition coefficient (Wildman–Crippen LogP) is 3.82. The first-order valence-electron chi connectivity index (χ1n) is 7.87. The van der Waals surface area contributed by atoms with E-state index in [0.717, 1.165) is 5.56 Å². The van der Waals surface area contributed by atoms with Gasteiger partial charge in [-0.25, -0.2) is 9.18 Å². The number of halogens is 1. The maximum Gasteiger partial charge on any atom is 0.415 e. The second-order valence-corrected chi connectivity index (χ2v) is 5.76. The number of hydrogen-bond acceptors (Lipinski definition) is 6. The second kappa shape index (κ2) is 6.47. The summed E-state index contributed by atoms with van der Waals surface area (Å²) in [6, 6.07) is 6.64. The summed E-state index contributed by atoms with van der Waals surface area (Å²) in [6.45, 7) is 1.98. The Morgan fingerprint density at radius 1 is 1.27 bits per heavy atom. The van der Waals surface area contributed by atoms with Crippen molar-refractivity contribution in [2.75, 3.05) is 0 Å². The maximum absolute atomic E-state index is 14.1. The van der Waals surface area contributed by atoms with Crippen LogP contribution in [0.15, 0.2) is 47.3 Å². The van der Waals surface area contributed by atoms with Crippen LogP contribution in [0.5, 0.6) is 17.6 Å². The van der Waals surface area contributed by atoms with Crippen molar-refractivity contribution < 1.29 is 23.1 Å². The standard InChI is InChI=1S/C18H14FN3O4/c1-11-16(19)13(4-5-20-11)10-22-9-12-2-3-14(8-15(12)26-18(22)23)25-17-21-6-7-24-17/h2-8H,9-10H2,1H3. The Bertz CT molecular complexity index is 959. The van der Waals surface area contributed by atoms with Gasteiger partial charge in [-0.05, 0) is 25.1 Å². The quantitative estimate of drug-likeness (QED) is 0.708. The van der Waals surface area contributed by atoms with Gasteiger partial charge in [-0.3, -0.25) is 9.88 Å². The van der Waals surface area contributed by atoms with E-state index in [4.69, 9.17) is 13.9 Å². The maximum atomic E-state index is 14.1. The van der Waals surface area contributed by atoms with Crippen LogP contribution in [-0.2, 0) is 13.1 Å². The molecule has 0 saturated heterocycles. The van der Waals surface area contributed by atoms with Gasteiger partial charge in [0.2, 0.25) is 0 Å². The summed E-state index contributed by atoms with van der Waals surface area (Å²) in [4.78, 5) is 21.5. The summed E-state index contributed by atoms with van der Waals surface area (Å²) in [5.74, 6) is 0.408. The highest BCUT2D eigenvalue weighted by atomic mass is 19.1. The molecule has 8 heteroatoms. The number of benzene rings is 1. The van der Waals surface area contributed by atoms with E-state index in [9.17, 15) is 9.18 Å². The SMILES string of the molecule is Cc1nccc(CN2Cc3ccc(Oc4ncco4)cc3OC2=O)c1F. The Balaban J connectivity index is 1.53. The Morgan fingerprint density at radius 2 is 2.15 bits per heavy atom. The number of aryl methyl sites for hydroxylation is 1. The third-order valence-electron chi connectivity index (χ3n) is 3.97. The predicted molar refractivity (Wildman–Crippen MR) is 87.2 cm³/mol. The third kappa shape index (κ3) is 3.08. The molecule has 0 unspecified atom stereocenters. The number of fused-ring (bicyclic) bond motifs is 1. The van der Waals surface area contributed by atoms with Crippen LogP contribution >= 0.6 is 0 Å². The lowest BCUT2D eigenvalue weighted by atomic mass is 10.1. The van der Waals surface area contributed by atoms with Crippen LogP contribution in [0, 0.1) is 12.7 Å². The zero-order valence-corrected chi connectivity index (χ0v) is 13.8. The van der Waals surface area contributed by atoms with Gasteiger partial charge in [-0.1, -0.05) is 0 Å². The van der Waals surface area contributed by atoms with Crippen molar-refractivity contribution in [2.24, 2.45) is 0 Å². The van der Waals surface area contributed by atoms with Gasteiger partial charge in [0.05, 0.1) is 25.0 Å². The Labute approximate surface area is 148 Å². The number of oxazole rings is 1. The van der Waals surface area contributed by atoms with E-state index in [-0.39, 0.29) is 12.6 Å². The van der Waals surface area contributed by atoms with Crippen molar-refractivity contribution in [3.63, 3.8) is 0 Å². The summed E-state index contributed by atoms with van der Waals surface area (Å²) in [6.07, 6.45) is 3.91. The topological polar surface area (TPSA) is 77.7 Å². The van der Waals surface area contributed by atoms with Crippen LogP contribution in [0.2, 0.25) is 0 Å². The number of amides is 1. The summed E-state index contributed by atoms with van der Waals surface area (Å²) in [5.41, 5.74) is 1.47. The van der Waals surface area contributed by atoms with Crippen LogP contribution in [0.25, 0.3) is 0 Å². The molecule has 3 heterocycles. The molecule has 132 valence electrons. The van der Waals surface area contributed by atoms with Gasteiger partial charge in [-0.2, -0.15) is 4.98 Å². The number of carbonyl (C=O) groups excluding carboxylic acids is 1. The van der Waals surface area contributed by atoms with Gasteiger partial charge < -0.3 is 13.9 Å². The van der Waals surface area contributed by atoms with Crippen molar-refractivity contribution in [3.05, 3.63) is 65.6 Å². The zero-order valence-electron chi connectivity index (χ0n) is 13.8. The molecule has 0 aliphatic carbocycles. The normalized spacial score (nSPS) is 13.3. The molecule has 0 atom stereocenters. The van der Waals surface area contributed by atoms with Crippen LogP contribution in [0.3, 0.4) is 0 Å². The number of pyridine rings is 1. The molecular weight excluding hydrogens is 341 g/mol. The molecule has 1 aliphatic rings. The van der Waals surface area contributed by atoms with E-state index in [1.54, 1.807) is 31.2 Å². The van der Waals surface area contributed by atoms with Crippen LogP contribution < -0.4 is 9.47 Å². The molecule has 0 spiro atoms. The molecule has 3 aromatic rings. The van der Waals surface area contributed by atoms with E-state index >= 15 is 0 Å². The average Bonchev–Trinajstić information content (AvgIpc) is 3.12. The Morgan fingerprint density at radius 3 is 2.96 bits per heavy atom. The number of aromatic nitrogens is 2. The first-order chi connectivity index (χ1) is 12.6. The van der Waals surface area contributed by atoms with Crippen molar-refractivity contribution in [2.45, 2.75) is 20.0 Å². The number of rotatable bonds is 4. The molecule has 26 heavy (non-hydrogen) atoms. The molecule has 0 saturated carbocycles. The fraction of sp³-hybridized carbons (Fsp3) is 0.167. The van der Waals surface area contributed by atoms with Crippen LogP contribution in [-0.4, -0.2) is 21.0 Å². The largest absolute Gasteiger partial charge is 0.417 e. The fourth-order valence-electron chi connectivity index (χ4n) is 2.66. The molecule has 1 aliphatic heterocycles. The zero-order chi connectivity index (χ0) is 18.1. The minimum atomic E-state index is -0.556. The van der Waals surface area contributed by atoms with E-state index in [0.29, 0.717) is 29.3 Å². The van der Waals surface area contributed by atoms with Crippen LogP contribution in [0.1, 0.15) is 16.8 Å². The number of ether oxygens (including phenoxy) is 2. The van der Waals surface area contributed by atoms with Gasteiger partial charge in [0.15, 0.2) is 0 Å². The van der Waals surface area contributed by atoms with Crippen molar-refractivity contribution in [1.29, 1.82) is 0 Å². The smallest absolute Gasteiger partial charge is 0.415 e. The molecule has 0 bridgehead atoms. The highest BCUT2D eigenvalue weighted by Crippen LogP contribution is 2.32. The Kier molecular flexibility index (Phi) is 4.00. The van der Waals surface area contributed by atoms with Crippen LogP contribution in [0.4, 0.5) is 9.18 Å². The molecular formula is C18H14FN3O4. The molecule has 7 nitrogen and oxygen atoms in total. The van der Waals surface area contributed by atoms with Gasteiger partial charge in [0.1, 0.15) is 23.6 Å². The highest BCUT2D eigenvalue weighted by Gasteiger charge is 2.26. The van der Waals surface area contributed by atoms with Crippen molar-refractivity contribution in [3.8, 4) is 17.6 Å². The first-order valence-corrected chi connectivity index (χ1v) is 7.87. The van der Waals surface area contributed by atoms with Gasteiger partial charge in [0.25, 0.3) is 0 Å². The summed E-state index contributed by atoms with van der Waals surface area (Å²) < 4.78 is 30.0. The van der Waals surface area contributed by atoms with E-state index in [2.05, 4.69) is 9.97 Å². The number of carbonyl (C=O) groups is 1. The minimum absolute atomic E-state index is 0.0947.